The fraction of sp³-hybridized carbons (Fsp3) is 0.300. The minimum Gasteiger partial charge on any atom is -0.378 e. The highest BCUT2D eigenvalue weighted by atomic mass is 35.5. The summed E-state index contributed by atoms with van der Waals surface area (Å²) in [5.74, 6) is 0. The minimum absolute atomic E-state index is 0. The molecule has 0 fully saturated rings. The van der Waals surface area contributed by atoms with Crippen molar-refractivity contribution in [2.45, 2.75) is 6.54 Å². The number of aromatic nitrogens is 1. The fourth-order valence-corrected chi connectivity index (χ4v) is 2.16. The van der Waals surface area contributed by atoms with Gasteiger partial charge in [0.05, 0.1) is 10.2 Å². The van der Waals surface area contributed by atoms with Crippen LogP contribution >= 0.6 is 23.7 Å². The first kappa shape index (κ1) is 12.2. The van der Waals surface area contributed by atoms with Crippen LogP contribution in [0, 0.1) is 0 Å². The Morgan fingerprint density at radius 1 is 1.40 bits per heavy atom. The van der Waals surface area contributed by atoms with Crippen molar-refractivity contribution in [1.82, 2.24) is 4.98 Å². The van der Waals surface area contributed by atoms with Crippen LogP contribution in [0.4, 0.5) is 5.69 Å². The summed E-state index contributed by atoms with van der Waals surface area (Å²) < 4.78 is 1.20. The number of nitrogens with two attached hydrogens (primary N) is 1. The van der Waals surface area contributed by atoms with E-state index in [1.807, 2.05) is 14.1 Å². The molecule has 2 N–H and O–H groups in total. The topological polar surface area (TPSA) is 42.1 Å². The summed E-state index contributed by atoms with van der Waals surface area (Å²) >= 11 is 1.66. The molecule has 82 valence electrons. The monoisotopic (exact) mass is 243 g/mol. The first-order valence-electron chi connectivity index (χ1n) is 4.47. The highest BCUT2D eigenvalue weighted by Gasteiger charge is 2.03. The van der Waals surface area contributed by atoms with Crippen LogP contribution in [0.5, 0.6) is 0 Å². The molecule has 0 atom stereocenters. The SMILES string of the molecule is CN(C)c1ccc2sc(CN)nc2c1.Cl. The molecule has 1 heterocycles. The highest BCUT2D eigenvalue weighted by molar-refractivity contribution is 7.18. The predicted molar refractivity (Wildman–Crippen MR) is 69.1 cm³/mol. The van der Waals surface area contributed by atoms with Gasteiger partial charge in [0, 0.05) is 26.3 Å². The second-order valence-electron chi connectivity index (χ2n) is 3.36. The van der Waals surface area contributed by atoms with Crippen molar-refractivity contribution in [3.05, 3.63) is 23.2 Å². The van der Waals surface area contributed by atoms with E-state index in [0.717, 1.165) is 10.5 Å². The van der Waals surface area contributed by atoms with Crippen LogP contribution in [0.25, 0.3) is 10.2 Å². The summed E-state index contributed by atoms with van der Waals surface area (Å²) in [6, 6.07) is 6.29. The molecule has 0 aliphatic heterocycles. The van der Waals surface area contributed by atoms with Gasteiger partial charge in [0.15, 0.2) is 0 Å². The maximum absolute atomic E-state index is 5.55. The molecule has 0 saturated heterocycles. The molecule has 5 heteroatoms. The third kappa shape index (κ3) is 2.40. The van der Waals surface area contributed by atoms with Crippen LogP contribution < -0.4 is 10.6 Å². The lowest BCUT2D eigenvalue weighted by atomic mass is 10.3. The number of fused-ring (bicyclic) bond motifs is 1. The molecular weight excluding hydrogens is 230 g/mol. The lowest BCUT2D eigenvalue weighted by molar-refractivity contribution is 1.05. The molecule has 2 aromatic rings. The minimum atomic E-state index is 0. The maximum atomic E-state index is 5.55. The second kappa shape index (κ2) is 4.79. The average Bonchev–Trinajstić information content (AvgIpc) is 2.58. The number of halogens is 1. The molecule has 0 aliphatic carbocycles. The maximum Gasteiger partial charge on any atom is 0.107 e. The summed E-state index contributed by atoms with van der Waals surface area (Å²) in [5, 5.41) is 0.996. The van der Waals surface area contributed by atoms with E-state index in [0.29, 0.717) is 6.54 Å². The number of hydrogen-bond acceptors (Lipinski definition) is 4. The molecule has 0 aliphatic rings. The number of thiazole rings is 1. The van der Waals surface area contributed by atoms with E-state index < -0.39 is 0 Å². The average molecular weight is 244 g/mol. The van der Waals surface area contributed by atoms with Crippen molar-refractivity contribution < 1.29 is 0 Å². The van der Waals surface area contributed by atoms with Crippen LogP contribution in [0.15, 0.2) is 18.2 Å². The zero-order valence-corrected chi connectivity index (χ0v) is 10.4. The molecule has 0 radical (unpaired) electrons. The van der Waals surface area contributed by atoms with E-state index in [9.17, 15) is 0 Å². The predicted octanol–water partition coefficient (Wildman–Crippen LogP) is 2.24. The van der Waals surface area contributed by atoms with Gasteiger partial charge in [-0.3, -0.25) is 0 Å². The Bertz CT molecular complexity index is 453. The Balaban J connectivity index is 0.00000112. The first-order valence-corrected chi connectivity index (χ1v) is 5.29. The number of nitrogens with zero attached hydrogens (tertiary/aromatic N) is 2. The van der Waals surface area contributed by atoms with E-state index in [1.54, 1.807) is 11.3 Å². The third-order valence-corrected chi connectivity index (χ3v) is 3.17. The van der Waals surface area contributed by atoms with Crippen LogP contribution in [0.2, 0.25) is 0 Å². The number of anilines is 1. The Morgan fingerprint density at radius 3 is 2.73 bits per heavy atom. The van der Waals surface area contributed by atoms with Crippen molar-refractivity contribution >= 4 is 39.6 Å². The van der Waals surface area contributed by atoms with Crippen molar-refractivity contribution in [2.24, 2.45) is 5.73 Å². The zero-order valence-electron chi connectivity index (χ0n) is 8.73. The van der Waals surface area contributed by atoms with E-state index in [2.05, 4.69) is 28.1 Å². The summed E-state index contributed by atoms with van der Waals surface area (Å²) in [5.41, 5.74) is 7.76. The molecular formula is C10H14ClN3S. The van der Waals surface area contributed by atoms with Crippen LogP contribution in [-0.4, -0.2) is 19.1 Å². The Kier molecular flexibility index (Phi) is 3.90. The van der Waals surface area contributed by atoms with Crippen molar-refractivity contribution in [3.63, 3.8) is 0 Å². The molecule has 1 aromatic heterocycles. The summed E-state index contributed by atoms with van der Waals surface area (Å²) in [6.45, 7) is 0.524. The van der Waals surface area contributed by atoms with Gasteiger partial charge in [-0.15, -0.1) is 23.7 Å². The standard InChI is InChI=1S/C10H13N3S.ClH/c1-13(2)7-3-4-9-8(5-7)12-10(6-11)14-9;/h3-5H,6,11H2,1-2H3;1H. The third-order valence-electron chi connectivity index (χ3n) is 2.11. The van der Waals surface area contributed by atoms with Gasteiger partial charge < -0.3 is 10.6 Å². The van der Waals surface area contributed by atoms with Crippen LogP contribution in [-0.2, 0) is 6.54 Å². The molecule has 3 nitrogen and oxygen atoms in total. The molecule has 2 rings (SSSR count). The first-order chi connectivity index (χ1) is 6.70. The summed E-state index contributed by atoms with van der Waals surface area (Å²) in [7, 11) is 4.05. The smallest absolute Gasteiger partial charge is 0.107 e. The quantitative estimate of drug-likeness (QED) is 0.880. The van der Waals surface area contributed by atoms with E-state index in [4.69, 9.17) is 5.73 Å². The molecule has 0 saturated carbocycles. The van der Waals surface area contributed by atoms with E-state index in [1.165, 1.54) is 10.4 Å². The second-order valence-corrected chi connectivity index (χ2v) is 4.47. The van der Waals surface area contributed by atoms with Gasteiger partial charge >= 0.3 is 0 Å². The van der Waals surface area contributed by atoms with Crippen molar-refractivity contribution in [2.75, 3.05) is 19.0 Å². The number of benzene rings is 1. The van der Waals surface area contributed by atoms with Gasteiger partial charge in [0.25, 0.3) is 0 Å². The normalized spacial score (nSPS) is 10.1. The Labute approximate surface area is 99.3 Å². The Morgan fingerprint density at radius 2 is 2.13 bits per heavy atom. The van der Waals surface area contributed by atoms with Gasteiger partial charge in [-0.2, -0.15) is 0 Å². The molecule has 15 heavy (non-hydrogen) atoms. The number of rotatable bonds is 2. The lowest BCUT2D eigenvalue weighted by Gasteiger charge is -2.11. The van der Waals surface area contributed by atoms with E-state index >= 15 is 0 Å². The molecule has 0 unspecified atom stereocenters. The lowest BCUT2D eigenvalue weighted by Crippen LogP contribution is -2.07. The zero-order chi connectivity index (χ0) is 10.1. The molecule has 0 amide bonds. The van der Waals surface area contributed by atoms with Crippen LogP contribution in [0.1, 0.15) is 5.01 Å². The van der Waals surface area contributed by atoms with Crippen molar-refractivity contribution in [3.8, 4) is 0 Å². The summed E-state index contributed by atoms with van der Waals surface area (Å²) in [4.78, 5) is 6.51. The Hall–Kier alpha value is -0.840. The van der Waals surface area contributed by atoms with Gasteiger partial charge in [0.1, 0.15) is 5.01 Å². The van der Waals surface area contributed by atoms with Gasteiger partial charge in [-0.05, 0) is 18.2 Å². The fourth-order valence-electron chi connectivity index (χ4n) is 1.33. The molecule has 0 spiro atoms. The van der Waals surface area contributed by atoms with Crippen molar-refractivity contribution in [1.29, 1.82) is 0 Å². The summed E-state index contributed by atoms with van der Waals surface area (Å²) in [6.07, 6.45) is 0. The van der Waals surface area contributed by atoms with Gasteiger partial charge in [-0.1, -0.05) is 0 Å². The van der Waals surface area contributed by atoms with Gasteiger partial charge in [0.2, 0.25) is 0 Å². The highest BCUT2D eigenvalue weighted by Crippen LogP contribution is 2.25. The van der Waals surface area contributed by atoms with E-state index in [-0.39, 0.29) is 12.4 Å². The number of hydrogen-bond donors (Lipinski definition) is 1. The van der Waals surface area contributed by atoms with Gasteiger partial charge in [-0.25, -0.2) is 4.98 Å². The largest absolute Gasteiger partial charge is 0.378 e. The molecule has 0 bridgehead atoms. The van der Waals surface area contributed by atoms with Crippen LogP contribution in [0.3, 0.4) is 0 Å². The molecule has 1 aromatic carbocycles.